The van der Waals surface area contributed by atoms with Crippen molar-refractivity contribution >= 4 is 12.0 Å². The highest BCUT2D eigenvalue weighted by atomic mass is 16.5. The number of carboxylic acids is 1. The van der Waals surface area contributed by atoms with E-state index in [1.54, 1.807) is 13.8 Å². The first-order chi connectivity index (χ1) is 7.31. The topological polar surface area (TPSA) is 92.9 Å². The van der Waals surface area contributed by atoms with Crippen LogP contribution in [0.3, 0.4) is 0 Å². The molecule has 0 bridgehead atoms. The first-order valence-corrected chi connectivity index (χ1v) is 5.15. The lowest BCUT2D eigenvalue weighted by molar-refractivity contribution is -0.146. The van der Waals surface area contributed by atoms with Gasteiger partial charge in [-0.2, -0.15) is 0 Å². The fourth-order valence-electron chi connectivity index (χ4n) is 2.28. The van der Waals surface area contributed by atoms with Crippen molar-refractivity contribution in [1.29, 1.82) is 0 Å². The maximum Gasteiger partial charge on any atom is 0.315 e. The first-order valence-electron chi connectivity index (χ1n) is 5.15. The van der Waals surface area contributed by atoms with Crippen molar-refractivity contribution in [2.45, 2.75) is 31.9 Å². The molecule has 16 heavy (non-hydrogen) atoms. The monoisotopic (exact) mass is 230 g/mol. The summed E-state index contributed by atoms with van der Waals surface area (Å²) in [6.07, 6.45) is 0.412. The van der Waals surface area contributed by atoms with Crippen LogP contribution in [-0.4, -0.2) is 47.3 Å². The maximum absolute atomic E-state index is 11.2. The number of nitrogens with two attached hydrogens (primary N) is 1. The second-order valence-electron chi connectivity index (χ2n) is 4.52. The number of nitrogens with zero attached hydrogens (tertiary/aromatic N) is 1. The standard InChI is InChI=1S/C10H18N2O4/c1-10(2,16-3)7-6(8(13)14)4-5-12(7)9(11)15/h6-7H,4-5H2,1-3H3,(H2,11,15)(H,13,14). The van der Waals surface area contributed by atoms with E-state index in [4.69, 9.17) is 15.6 Å². The molecule has 1 fully saturated rings. The molecule has 0 aromatic carbocycles. The van der Waals surface area contributed by atoms with E-state index in [0.717, 1.165) is 0 Å². The summed E-state index contributed by atoms with van der Waals surface area (Å²) in [5.41, 5.74) is 4.51. The van der Waals surface area contributed by atoms with Gasteiger partial charge < -0.3 is 20.5 Å². The fraction of sp³-hybridized carbons (Fsp3) is 0.800. The summed E-state index contributed by atoms with van der Waals surface area (Å²) in [6.45, 7) is 3.88. The Labute approximate surface area is 94.3 Å². The van der Waals surface area contributed by atoms with Crippen molar-refractivity contribution in [3.05, 3.63) is 0 Å². The molecule has 6 heteroatoms. The van der Waals surface area contributed by atoms with E-state index in [0.29, 0.717) is 13.0 Å². The number of hydrogen-bond acceptors (Lipinski definition) is 3. The van der Waals surface area contributed by atoms with Crippen molar-refractivity contribution in [3.8, 4) is 0 Å². The number of carbonyl (C=O) groups is 2. The summed E-state index contributed by atoms with van der Waals surface area (Å²) in [6, 6.07) is -1.12. The summed E-state index contributed by atoms with van der Waals surface area (Å²) in [4.78, 5) is 23.7. The lowest BCUT2D eigenvalue weighted by Gasteiger charge is -2.37. The van der Waals surface area contributed by atoms with E-state index < -0.39 is 29.6 Å². The third-order valence-corrected chi connectivity index (χ3v) is 3.24. The number of ether oxygens (including phenoxy) is 1. The Morgan fingerprint density at radius 1 is 1.50 bits per heavy atom. The van der Waals surface area contributed by atoms with Gasteiger partial charge in [0.1, 0.15) is 0 Å². The second-order valence-corrected chi connectivity index (χ2v) is 4.52. The molecule has 0 aromatic rings. The van der Waals surface area contributed by atoms with Crippen LogP contribution in [0.2, 0.25) is 0 Å². The molecule has 1 heterocycles. The lowest BCUT2D eigenvalue weighted by atomic mass is 9.87. The number of hydrogen-bond donors (Lipinski definition) is 2. The van der Waals surface area contributed by atoms with Gasteiger partial charge in [0.25, 0.3) is 0 Å². The zero-order valence-electron chi connectivity index (χ0n) is 9.77. The number of rotatable bonds is 3. The Bertz CT molecular complexity index is 281. The molecule has 1 aliphatic rings. The van der Waals surface area contributed by atoms with Crippen LogP contribution in [0.1, 0.15) is 20.3 Å². The smallest absolute Gasteiger partial charge is 0.315 e. The molecule has 2 amide bonds. The fourth-order valence-corrected chi connectivity index (χ4v) is 2.28. The highest BCUT2D eigenvalue weighted by Gasteiger charge is 2.48. The molecule has 1 aliphatic heterocycles. The van der Waals surface area contributed by atoms with Gasteiger partial charge in [0.15, 0.2) is 0 Å². The van der Waals surface area contributed by atoms with Crippen molar-refractivity contribution < 1.29 is 19.4 Å². The van der Waals surface area contributed by atoms with Gasteiger partial charge in [0.2, 0.25) is 0 Å². The summed E-state index contributed by atoms with van der Waals surface area (Å²) < 4.78 is 5.27. The minimum Gasteiger partial charge on any atom is -0.481 e. The van der Waals surface area contributed by atoms with Crippen LogP contribution >= 0.6 is 0 Å². The van der Waals surface area contributed by atoms with E-state index >= 15 is 0 Å². The summed E-state index contributed by atoms with van der Waals surface area (Å²) in [5.74, 6) is -1.54. The third kappa shape index (κ3) is 2.11. The van der Waals surface area contributed by atoms with Crippen LogP contribution in [0.4, 0.5) is 4.79 Å². The quantitative estimate of drug-likeness (QED) is 0.727. The average molecular weight is 230 g/mol. The molecular weight excluding hydrogens is 212 g/mol. The van der Waals surface area contributed by atoms with Crippen LogP contribution in [0.15, 0.2) is 0 Å². The minimum absolute atomic E-state index is 0.365. The lowest BCUT2D eigenvalue weighted by Crippen LogP contribution is -2.54. The molecule has 0 radical (unpaired) electrons. The number of carboxylic acid groups (broad SMARTS) is 1. The predicted molar refractivity (Wildman–Crippen MR) is 56.9 cm³/mol. The number of likely N-dealkylation sites (tertiary alicyclic amines) is 1. The van der Waals surface area contributed by atoms with Gasteiger partial charge in [0.05, 0.1) is 17.6 Å². The highest BCUT2D eigenvalue weighted by Crippen LogP contribution is 2.33. The largest absolute Gasteiger partial charge is 0.481 e. The van der Waals surface area contributed by atoms with E-state index in [1.807, 2.05) is 0 Å². The van der Waals surface area contributed by atoms with E-state index in [2.05, 4.69) is 0 Å². The Morgan fingerprint density at radius 2 is 2.06 bits per heavy atom. The SMILES string of the molecule is COC(C)(C)C1C(C(=O)O)CCN1C(N)=O. The molecule has 92 valence electrons. The van der Waals surface area contributed by atoms with Crippen LogP contribution in [0.5, 0.6) is 0 Å². The van der Waals surface area contributed by atoms with E-state index in [-0.39, 0.29) is 0 Å². The minimum atomic E-state index is -0.918. The number of urea groups is 1. The van der Waals surface area contributed by atoms with Crippen LogP contribution in [0, 0.1) is 5.92 Å². The van der Waals surface area contributed by atoms with E-state index in [9.17, 15) is 9.59 Å². The molecule has 1 saturated heterocycles. The average Bonchev–Trinajstić information content (AvgIpc) is 2.62. The molecular formula is C10H18N2O4. The van der Waals surface area contributed by atoms with Crippen LogP contribution < -0.4 is 5.73 Å². The van der Waals surface area contributed by atoms with Crippen molar-refractivity contribution in [2.24, 2.45) is 11.7 Å². The van der Waals surface area contributed by atoms with Crippen LogP contribution in [0.25, 0.3) is 0 Å². The van der Waals surface area contributed by atoms with Gasteiger partial charge in [-0.3, -0.25) is 4.79 Å². The maximum atomic E-state index is 11.2. The van der Waals surface area contributed by atoms with Crippen molar-refractivity contribution in [2.75, 3.05) is 13.7 Å². The Morgan fingerprint density at radius 3 is 2.44 bits per heavy atom. The van der Waals surface area contributed by atoms with Crippen LogP contribution in [-0.2, 0) is 9.53 Å². The van der Waals surface area contributed by atoms with Crippen molar-refractivity contribution in [1.82, 2.24) is 4.90 Å². The van der Waals surface area contributed by atoms with Gasteiger partial charge in [-0.25, -0.2) is 4.79 Å². The normalized spacial score (nSPS) is 25.8. The van der Waals surface area contributed by atoms with Gasteiger partial charge in [-0.1, -0.05) is 0 Å². The summed E-state index contributed by atoms with van der Waals surface area (Å²) in [5, 5.41) is 9.11. The molecule has 0 spiro atoms. The molecule has 0 aromatic heterocycles. The number of methoxy groups -OCH3 is 1. The van der Waals surface area contributed by atoms with Gasteiger partial charge in [-0.05, 0) is 20.3 Å². The zero-order valence-corrected chi connectivity index (χ0v) is 9.77. The molecule has 0 aliphatic carbocycles. The molecule has 3 N–H and O–H groups in total. The predicted octanol–water partition coefficient (Wildman–Crippen LogP) is 0.265. The molecule has 0 saturated carbocycles. The summed E-state index contributed by atoms with van der Waals surface area (Å²) in [7, 11) is 1.50. The van der Waals surface area contributed by atoms with Gasteiger partial charge in [-0.15, -0.1) is 0 Å². The zero-order chi connectivity index (χ0) is 12.5. The molecule has 2 unspecified atom stereocenters. The number of aliphatic carboxylic acids is 1. The second kappa shape index (κ2) is 4.29. The Hall–Kier alpha value is -1.30. The van der Waals surface area contributed by atoms with Crippen molar-refractivity contribution in [3.63, 3.8) is 0 Å². The number of amides is 2. The van der Waals surface area contributed by atoms with Gasteiger partial charge >= 0.3 is 12.0 Å². The molecule has 6 nitrogen and oxygen atoms in total. The first kappa shape index (κ1) is 12.8. The van der Waals surface area contributed by atoms with Gasteiger partial charge in [0, 0.05) is 13.7 Å². The Balaban J connectivity index is 3.02. The number of carbonyl (C=O) groups excluding carboxylic acids is 1. The summed E-state index contributed by atoms with van der Waals surface area (Å²) >= 11 is 0. The van der Waals surface area contributed by atoms with E-state index in [1.165, 1.54) is 12.0 Å². The number of primary amides is 1. The third-order valence-electron chi connectivity index (χ3n) is 3.24. The Kier molecular flexibility index (Phi) is 3.42. The highest BCUT2D eigenvalue weighted by molar-refractivity contribution is 5.77. The molecule has 1 rings (SSSR count). The molecule has 2 atom stereocenters.